The lowest BCUT2D eigenvalue weighted by Crippen LogP contribution is -2.40. The molecule has 4 nitrogen and oxygen atoms in total. The van der Waals surface area contributed by atoms with Gasteiger partial charge in [-0.2, -0.15) is 0 Å². The normalized spacial score (nSPS) is 19.0. The van der Waals surface area contributed by atoms with Crippen molar-refractivity contribution in [3.8, 4) is 5.75 Å². The van der Waals surface area contributed by atoms with Gasteiger partial charge in [0.15, 0.2) is 0 Å². The Morgan fingerprint density at radius 2 is 2.42 bits per heavy atom. The Morgan fingerprint density at radius 3 is 3.16 bits per heavy atom. The van der Waals surface area contributed by atoms with Crippen LogP contribution >= 0.6 is 15.9 Å². The van der Waals surface area contributed by atoms with E-state index in [2.05, 4.69) is 27.3 Å². The fourth-order valence-electron chi connectivity index (χ4n) is 2.30. The van der Waals surface area contributed by atoms with Crippen molar-refractivity contribution >= 4 is 15.9 Å². The van der Waals surface area contributed by atoms with Crippen LogP contribution in [0.4, 0.5) is 0 Å². The number of aliphatic hydroxyl groups is 1. The summed E-state index contributed by atoms with van der Waals surface area (Å²) < 4.78 is 12.1. The van der Waals surface area contributed by atoms with Crippen molar-refractivity contribution in [2.24, 2.45) is 0 Å². The zero-order valence-electron chi connectivity index (χ0n) is 11.1. The minimum absolute atomic E-state index is 0.155. The van der Waals surface area contributed by atoms with Gasteiger partial charge >= 0.3 is 0 Å². The second-order valence-corrected chi connectivity index (χ2v) is 5.68. The van der Waals surface area contributed by atoms with E-state index >= 15 is 0 Å². The third-order valence-electron chi connectivity index (χ3n) is 3.24. The summed E-state index contributed by atoms with van der Waals surface area (Å²) in [5, 5.41) is 12.4. The minimum atomic E-state index is 0.155. The molecule has 2 atom stereocenters. The number of hydrogen-bond donors (Lipinski definition) is 2. The quantitative estimate of drug-likeness (QED) is 0.800. The zero-order valence-corrected chi connectivity index (χ0v) is 12.6. The van der Waals surface area contributed by atoms with Crippen molar-refractivity contribution in [2.45, 2.75) is 25.0 Å². The number of hydrogen-bond acceptors (Lipinski definition) is 4. The van der Waals surface area contributed by atoms with Crippen LogP contribution in [-0.2, 0) is 11.2 Å². The van der Waals surface area contributed by atoms with Crippen LogP contribution in [0.2, 0.25) is 0 Å². The van der Waals surface area contributed by atoms with Gasteiger partial charge in [-0.25, -0.2) is 0 Å². The van der Waals surface area contributed by atoms with Crippen LogP contribution in [0.5, 0.6) is 5.75 Å². The predicted octanol–water partition coefficient (Wildman–Crippen LogP) is 1.74. The Balaban J connectivity index is 1.82. The van der Waals surface area contributed by atoms with Crippen molar-refractivity contribution in [1.29, 1.82) is 0 Å². The summed E-state index contributed by atoms with van der Waals surface area (Å²) in [6.45, 7) is 1.53. The molecule has 0 spiro atoms. The van der Waals surface area contributed by atoms with Crippen LogP contribution in [0, 0.1) is 0 Å². The molecule has 0 radical (unpaired) electrons. The topological polar surface area (TPSA) is 50.7 Å². The predicted molar refractivity (Wildman–Crippen MR) is 77.6 cm³/mol. The smallest absolute Gasteiger partial charge is 0.123 e. The van der Waals surface area contributed by atoms with Crippen molar-refractivity contribution in [3.05, 3.63) is 28.2 Å². The molecule has 0 aromatic heterocycles. The fraction of sp³-hybridized carbons (Fsp3) is 0.571. The first-order chi connectivity index (χ1) is 9.22. The Kier molecular flexibility index (Phi) is 5.63. The molecule has 1 heterocycles. The number of rotatable bonds is 7. The minimum Gasteiger partial charge on any atom is -0.488 e. The van der Waals surface area contributed by atoms with Crippen LogP contribution < -0.4 is 10.1 Å². The molecule has 1 aromatic carbocycles. The summed E-state index contributed by atoms with van der Waals surface area (Å²) in [6.07, 6.45) is 1.77. The number of benzene rings is 1. The van der Waals surface area contributed by atoms with Gasteiger partial charge in [0.2, 0.25) is 0 Å². The SMILES string of the molecule is COCC(CCO)NCC1Cc2cc(Br)ccc2O1. The van der Waals surface area contributed by atoms with Crippen molar-refractivity contribution in [3.63, 3.8) is 0 Å². The summed E-state index contributed by atoms with van der Waals surface area (Å²) >= 11 is 3.47. The van der Waals surface area contributed by atoms with E-state index in [-0.39, 0.29) is 18.8 Å². The lowest BCUT2D eigenvalue weighted by Gasteiger charge is -2.19. The van der Waals surface area contributed by atoms with Gasteiger partial charge in [-0.15, -0.1) is 0 Å². The summed E-state index contributed by atoms with van der Waals surface area (Å²) in [5.74, 6) is 0.973. The maximum atomic E-state index is 9.00. The number of ether oxygens (including phenoxy) is 2. The molecule has 2 rings (SSSR count). The number of halogens is 1. The Bertz CT molecular complexity index is 408. The summed E-state index contributed by atoms with van der Waals surface area (Å²) in [7, 11) is 1.67. The number of methoxy groups -OCH3 is 1. The number of fused-ring (bicyclic) bond motifs is 1. The van der Waals surface area contributed by atoms with Gasteiger partial charge in [0.25, 0.3) is 0 Å². The van der Waals surface area contributed by atoms with E-state index in [1.807, 2.05) is 12.1 Å². The lowest BCUT2D eigenvalue weighted by molar-refractivity contribution is 0.138. The third-order valence-corrected chi connectivity index (χ3v) is 3.74. The molecule has 0 saturated heterocycles. The van der Waals surface area contributed by atoms with E-state index in [0.717, 1.165) is 23.2 Å². The van der Waals surface area contributed by atoms with Gasteiger partial charge in [0.1, 0.15) is 11.9 Å². The molecule has 1 aliphatic heterocycles. The van der Waals surface area contributed by atoms with E-state index in [1.165, 1.54) is 5.56 Å². The highest BCUT2D eigenvalue weighted by atomic mass is 79.9. The van der Waals surface area contributed by atoms with Gasteiger partial charge < -0.3 is 19.9 Å². The van der Waals surface area contributed by atoms with Crippen LogP contribution in [0.1, 0.15) is 12.0 Å². The molecule has 2 N–H and O–H groups in total. The first-order valence-corrected chi connectivity index (χ1v) is 7.30. The van der Waals surface area contributed by atoms with E-state index < -0.39 is 0 Å². The Hall–Kier alpha value is -0.620. The number of nitrogens with one attached hydrogen (secondary N) is 1. The number of aliphatic hydroxyl groups excluding tert-OH is 1. The Labute approximate surface area is 122 Å². The first-order valence-electron chi connectivity index (χ1n) is 6.51. The molecular weight excluding hydrogens is 310 g/mol. The largest absolute Gasteiger partial charge is 0.488 e. The van der Waals surface area contributed by atoms with Crippen molar-refractivity contribution in [1.82, 2.24) is 5.32 Å². The maximum absolute atomic E-state index is 9.00. The second kappa shape index (κ2) is 7.24. The molecule has 1 aromatic rings. The molecule has 0 bridgehead atoms. The average molecular weight is 330 g/mol. The highest BCUT2D eigenvalue weighted by molar-refractivity contribution is 9.10. The van der Waals surface area contributed by atoms with Crippen LogP contribution in [0.25, 0.3) is 0 Å². The summed E-state index contributed by atoms with van der Waals surface area (Å²) in [4.78, 5) is 0. The molecular formula is C14H20BrNO3. The second-order valence-electron chi connectivity index (χ2n) is 4.77. The van der Waals surface area contributed by atoms with Gasteiger partial charge in [0.05, 0.1) is 6.61 Å². The van der Waals surface area contributed by atoms with Gasteiger partial charge in [-0.3, -0.25) is 0 Å². The van der Waals surface area contributed by atoms with Crippen molar-refractivity contribution in [2.75, 3.05) is 26.9 Å². The van der Waals surface area contributed by atoms with Crippen LogP contribution in [-0.4, -0.2) is 44.1 Å². The first kappa shape index (κ1) is 14.8. The zero-order chi connectivity index (χ0) is 13.7. The fourth-order valence-corrected chi connectivity index (χ4v) is 2.71. The molecule has 5 heteroatoms. The van der Waals surface area contributed by atoms with Gasteiger partial charge in [-0.05, 0) is 30.2 Å². The monoisotopic (exact) mass is 329 g/mol. The highest BCUT2D eigenvalue weighted by Gasteiger charge is 2.23. The molecule has 106 valence electrons. The summed E-state index contributed by atoms with van der Waals surface area (Å²) in [5.41, 5.74) is 1.24. The third kappa shape index (κ3) is 4.18. The summed E-state index contributed by atoms with van der Waals surface area (Å²) in [6, 6.07) is 6.28. The average Bonchev–Trinajstić information content (AvgIpc) is 2.78. The van der Waals surface area contributed by atoms with E-state index in [1.54, 1.807) is 7.11 Å². The lowest BCUT2D eigenvalue weighted by atomic mass is 10.1. The Morgan fingerprint density at radius 1 is 1.58 bits per heavy atom. The van der Waals surface area contributed by atoms with E-state index in [0.29, 0.717) is 13.0 Å². The van der Waals surface area contributed by atoms with Crippen molar-refractivity contribution < 1.29 is 14.6 Å². The molecule has 0 aliphatic carbocycles. The molecule has 1 aliphatic rings. The maximum Gasteiger partial charge on any atom is 0.123 e. The van der Waals surface area contributed by atoms with Crippen LogP contribution in [0.3, 0.4) is 0 Å². The van der Waals surface area contributed by atoms with Gasteiger partial charge in [0, 0.05) is 37.2 Å². The molecule has 0 amide bonds. The highest BCUT2D eigenvalue weighted by Crippen LogP contribution is 2.30. The molecule has 19 heavy (non-hydrogen) atoms. The molecule has 0 saturated carbocycles. The van der Waals surface area contributed by atoms with Gasteiger partial charge in [-0.1, -0.05) is 15.9 Å². The van der Waals surface area contributed by atoms with E-state index in [4.69, 9.17) is 14.6 Å². The molecule has 0 fully saturated rings. The van der Waals surface area contributed by atoms with E-state index in [9.17, 15) is 0 Å². The van der Waals surface area contributed by atoms with Crippen LogP contribution in [0.15, 0.2) is 22.7 Å². The standard InChI is InChI=1S/C14H20BrNO3/c1-18-9-12(4-5-17)16-8-13-7-10-6-11(15)2-3-14(10)19-13/h2-3,6,12-13,16-17H,4-5,7-9H2,1H3. The molecule has 2 unspecified atom stereocenters.